The van der Waals surface area contributed by atoms with Crippen molar-refractivity contribution in [1.29, 1.82) is 0 Å². The molecule has 0 saturated carbocycles. The third-order valence-corrected chi connectivity index (χ3v) is 3.15. The number of carbonyl (C=O) groups is 1. The molecular weight excluding hydrogens is 256 g/mol. The molecule has 0 saturated heterocycles. The maximum absolute atomic E-state index is 11.9. The van der Waals surface area contributed by atoms with Crippen LogP contribution in [-0.4, -0.2) is 31.7 Å². The average molecular weight is 278 g/mol. The second-order valence-corrected chi connectivity index (χ2v) is 4.87. The van der Waals surface area contributed by atoms with Crippen molar-refractivity contribution in [2.24, 2.45) is 0 Å². The molecule has 0 fully saturated rings. The first-order valence-electron chi connectivity index (χ1n) is 7.14. The number of carbonyl (C=O) groups excluding carboxylic acids is 1. The molecule has 2 N–H and O–H groups in total. The van der Waals surface area contributed by atoms with Crippen molar-refractivity contribution in [3.63, 3.8) is 0 Å². The lowest BCUT2D eigenvalue weighted by molar-refractivity contribution is -0.121. The summed E-state index contributed by atoms with van der Waals surface area (Å²) in [6.07, 6.45) is 2.08. The zero-order valence-corrected chi connectivity index (χ0v) is 12.1. The van der Waals surface area contributed by atoms with Crippen LogP contribution in [0.4, 0.5) is 5.69 Å². The first-order valence-corrected chi connectivity index (χ1v) is 7.14. The Bertz CT molecular complexity index is 462. The average Bonchev–Trinajstić information content (AvgIpc) is 2.47. The van der Waals surface area contributed by atoms with Gasteiger partial charge in [0.15, 0.2) is 11.5 Å². The summed E-state index contributed by atoms with van der Waals surface area (Å²) in [4.78, 5) is 11.9. The lowest BCUT2D eigenvalue weighted by Gasteiger charge is -2.20. The largest absolute Gasteiger partial charge is 0.486 e. The number of anilines is 1. The highest BCUT2D eigenvalue weighted by Gasteiger charge is 2.15. The van der Waals surface area contributed by atoms with E-state index in [0.717, 1.165) is 36.6 Å². The molecule has 0 spiro atoms. The van der Waals surface area contributed by atoms with Crippen LogP contribution in [0.2, 0.25) is 0 Å². The van der Waals surface area contributed by atoms with Crippen LogP contribution in [0.3, 0.4) is 0 Å². The van der Waals surface area contributed by atoms with Gasteiger partial charge in [0.1, 0.15) is 19.3 Å². The zero-order chi connectivity index (χ0) is 14.4. The summed E-state index contributed by atoms with van der Waals surface area (Å²) in [5.41, 5.74) is 0.854. The van der Waals surface area contributed by atoms with Gasteiger partial charge in [-0.15, -0.1) is 0 Å². The van der Waals surface area contributed by atoms with Gasteiger partial charge in [0, 0.05) is 18.3 Å². The van der Waals surface area contributed by atoms with E-state index in [1.807, 2.05) is 25.1 Å². The smallest absolute Gasteiger partial charge is 0.242 e. The maximum atomic E-state index is 11.9. The van der Waals surface area contributed by atoms with E-state index in [1.54, 1.807) is 0 Å². The van der Waals surface area contributed by atoms with Gasteiger partial charge in [0.05, 0.1) is 0 Å². The fraction of sp³-hybridized carbons (Fsp3) is 0.533. The van der Waals surface area contributed by atoms with E-state index < -0.39 is 0 Å². The molecule has 0 aliphatic carbocycles. The van der Waals surface area contributed by atoms with E-state index in [-0.39, 0.29) is 11.9 Å². The fourth-order valence-electron chi connectivity index (χ4n) is 1.99. The van der Waals surface area contributed by atoms with Crippen LogP contribution in [0.15, 0.2) is 18.2 Å². The molecule has 5 heteroatoms. The van der Waals surface area contributed by atoms with E-state index in [9.17, 15) is 4.79 Å². The highest BCUT2D eigenvalue weighted by molar-refractivity contribution is 5.84. The van der Waals surface area contributed by atoms with E-state index in [1.165, 1.54) is 0 Å². The Morgan fingerprint density at radius 1 is 1.30 bits per heavy atom. The number of hydrogen-bond donors (Lipinski definition) is 2. The molecule has 1 aromatic rings. The normalized spacial score (nSPS) is 14.5. The van der Waals surface area contributed by atoms with Gasteiger partial charge in [0.2, 0.25) is 5.91 Å². The molecule has 20 heavy (non-hydrogen) atoms. The van der Waals surface area contributed by atoms with E-state index >= 15 is 0 Å². The summed E-state index contributed by atoms with van der Waals surface area (Å²) in [7, 11) is 0. The monoisotopic (exact) mass is 278 g/mol. The molecule has 1 amide bonds. The molecule has 1 aromatic carbocycles. The number of amides is 1. The zero-order valence-electron chi connectivity index (χ0n) is 12.1. The molecule has 1 aliphatic rings. The van der Waals surface area contributed by atoms with Crippen LogP contribution < -0.4 is 20.1 Å². The second-order valence-electron chi connectivity index (χ2n) is 4.87. The van der Waals surface area contributed by atoms with E-state index in [2.05, 4.69) is 17.6 Å². The van der Waals surface area contributed by atoms with Gasteiger partial charge in [-0.25, -0.2) is 0 Å². The summed E-state index contributed by atoms with van der Waals surface area (Å²) >= 11 is 0. The Labute approximate surface area is 119 Å². The quantitative estimate of drug-likeness (QED) is 0.783. The van der Waals surface area contributed by atoms with Crippen LogP contribution in [0, 0.1) is 0 Å². The highest BCUT2D eigenvalue weighted by Crippen LogP contribution is 2.32. The number of fused-ring (bicyclic) bond motifs is 1. The van der Waals surface area contributed by atoms with Gasteiger partial charge in [-0.3, -0.25) is 4.79 Å². The first kappa shape index (κ1) is 14.5. The summed E-state index contributed by atoms with van der Waals surface area (Å²) < 4.78 is 11.0. The van der Waals surface area contributed by atoms with Crippen molar-refractivity contribution < 1.29 is 14.3 Å². The maximum Gasteiger partial charge on any atom is 0.242 e. The topological polar surface area (TPSA) is 59.6 Å². The Kier molecular flexibility index (Phi) is 5.09. The highest BCUT2D eigenvalue weighted by atomic mass is 16.6. The molecule has 0 radical (unpaired) electrons. The van der Waals surface area contributed by atoms with Crippen molar-refractivity contribution in [2.75, 3.05) is 25.1 Å². The van der Waals surface area contributed by atoms with Crippen molar-refractivity contribution in [1.82, 2.24) is 5.32 Å². The Morgan fingerprint density at radius 3 is 2.80 bits per heavy atom. The van der Waals surface area contributed by atoms with Gasteiger partial charge in [-0.05, 0) is 25.5 Å². The second kappa shape index (κ2) is 7.03. The molecule has 0 aromatic heterocycles. The van der Waals surface area contributed by atoms with Gasteiger partial charge in [-0.2, -0.15) is 0 Å². The molecular formula is C15H22N2O3. The van der Waals surface area contributed by atoms with Gasteiger partial charge < -0.3 is 20.1 Å². The summed E-state index contributed by atoms with van der Waals surface area (Å²) in [6, 6.07) is 5.33. The molecule has 2 rings (SSSR count). The third kappa shape index (κ3) is 3.79. The number of benzene rings is 1. The van der Waals surface area contributed by atoms with Gasteiger partial charge in [-0.1, -0.05) is 13.3 Å². The minimum absolute atomic E-state index is 0.00772. The third-order valence-electron chi connectivity index (χ3n) is 3.15. The SMILES string of the molecule is CCCCNC(=O)C(C)Nc1ccc2c(c1)OCCO2. The van der Waals surface area contributed by atoms with Crippen LogP contribution in [-0.2, 0) is 4.79 Å². The molecule has 5 nitrogen and oxygen atoms in total. The molecule has 1 unspecified atom stereocenters. The summed E-state index contributed by atoms with van der Waals surface area (Å²) in [6.45, 7) is 5.81. The number of rotatable bonds is 6. The Balaban J connectivity index is 1.90. The van der Waals surface area contributed by atoms with E-state index in [4.69, 9.17) is 9.47 Å². The Morgan fingerprint density at radius 2 is 2.05 bits per heavy atom. The van der Waals surface area contributed by atoms with E-state index in [0.29, 0.717) is 13.2 Å². The summed E-state index contributed by atoms with van der Waals surface area (Å²) in [5.74, 6) is 1.48. The summed E-state index contributed by atoms with van der Waals surface area (Å²) in [5, 5.41) is 6.08. The van der Waals surface area contributed by atoms with Crippen molar-refractivity contribution in [3.8, 4) is 11.5 Å². The Hall–Kier alpha value is -1.91. The van der Waals surface area contributed by atoms with Crippen molar-refractivity contribution in [2.45, 2.75) is 32.7 Å². The number of unbranched alkanes of at least 4 members (excludes halogenated alkanes) is 1. The van der Waals surface area contributed by atoms with Crippen LogP contribution >= 0.6 is 0 Å². The minimum atomic E-state index is -0.283. The number of ether oxygens (including phenoxy) is 2. The van der Waals surface area contributed by atoms with Crippen molar-refractivity contribution >= 4 is 11.6 Å². The molecule has 1 atom stereocenters. The van der Waals surface area contributed by atoms with Crippen LogP contribution in [0.5, 0.6) is 11.5 Å². The lowest BCUT2D eigenvalue weighted by Crippen LogP contribution is -2.38. The van der Waals surface area contributed by atoms with Crippen LogP contribution in [0.25, 0.3) is 0 Å². The molecule has 110 valence electrons. The fourth-order valence-corrected chi connectivity index (χ4v) is 1.99. The minimum Gasteiger partial charge on any atom is -0.486 e. The molecule has 1 aliphatic heterocycles. The molecule has 0 bridgehead atoms. The molecule has 1 heterocycles. The predicted octanol–water partition coefficient (Wildman–Crippen LogP) is 2.17. The number of nitrogens with one attached hydrogen (secondary N) is 2. The standard InChI is InChI=1S/C15H22N2O3/c1-3-4-7-16-15(18)11(2)17-12-5-6-13-14(10-12)20-9-8-19-13/h5-6,10-11,17H,3-4,7-9H2,1-2H3,(H,16,18). The van der Waals surface area contributed by atoms with Crippen molar-refractivity contribution in [3.05, 3.63) is 18.2 Å². The predicted molar refractivity (Wildman–Crippen MR) is 78.4 cm³/mol. The van der Waals surface area contributed by atoms with Gasteiger partial charge >= 0.3 is 0 Å². The lowest BCUT2D eigenvalue weighted by atomic mass is 10.2. The van der Waals surface area contributed by atoms with Gasteiger partial charge in [0.25, 0.3) is 0 Å². The number of hydrogen-bond acceptors (Lipinski definition) is 4. The van der Waals surface area contributed by atoms with Crippen LogP contribution in [0.1, 0.15) is 26.7 Å². The first-order chi connectivity index (χ1) is 9.70.